The number of methoxy groups -OCH3 is 1. The zero-order valence-corrected chi connectivity index (χ0v) is 13.1. The Morgan fingerprint density at radius 1 is 1.35 bits per heavy atom. The van der Waals surface area contributed by atoms with Gasteiger partial charge >= 0.3 is 0 Å². The van der Waals surface area contributed by atoms with E-state index in [0.29, 0.717) is 5.75 Å². The van der Waals surface area contributed by atoms with Crippen molar-refractivity contribution in [2.75, 3.05) is 33.3 Å². The minimum Gasteiger partial charge on any atom is -0.496 e. The molecule has 1 aromatic carbocycles. The topological polar surface area (TPSA) is 24.5 Å². The molecule has 1 aromatic rings. The van der Waals surface area contributed by atoms with Crippen LogP contribution in [0.1, 0.15) is 11.6 Å². The van der Waals surface area contributed by atoms with Gasteiger partial charge in [0.05, 0.1) is 13.2 Å². The number of hydrogen-bond acceptors (Lipinski definition) is 3. The molecule has 1 heterocycles. The van der Waals surface area contributed by atoms with E-state index < -0.39 is 0 Å². The average Bonchev–Trinajstić information content (AvgIpc) is 2.42. The number of nitrogens with one attached hydrogen (secondary N) is 1. The predicted octanol–water partition coefficient (Wildman–Crippen LogP) is 2.81. The number of hydrogen-bond donors (Lipinski definition) is 1. The second-order valence-corrected chi connectivity index (χ2v) is 4.35. The van der Waals surface area contributed by atoms with Crippen molar-refractivity contribution in [1.29, 1.82) is 0 Å². The molecule has 1 aliphatic rings. The largest absolute Gasteiger partial charge is 0.496 e. The van der Waals surface area contributed by atoms with Gasteiger partial charge in [0.15, 0.2) is 0 Å². The zero-order chi connectivity index (χ0) is 13.0. The smallest absolute Gasteiger partial charge is 0.126 e. The van der Waals surface area contributed by atoms with E-state index >= 15 is 0 Å². The molecule has 1 atom stereocenters. The second kappa shape index (κ2) is 9.19. The Balaban J connectivity index is 0.00000180. The molecule has 1 N–H and O–H groups in total. The summed E-state index contributed by atoms with van der Waals surface area (Å²) in [5.41, 5.74) is 0.968. The van der Waals surface area contributed by atoms with Gasteiger partial charge in [0.1, 0.15) is 11.6 Å². The van der Waals surface area contributed by atoms with Crippen molar-refractivity contribution < 1.29 is 9.13 Å². The molecule has 0 radical (unpaired) electrons. The molecule has 1 fully saturated rings. The van der Waals surface area contributed by atoms with Crippen LogP contribution >= 0.6 is 24.8 Å². The first kappa shape index (κ1) is 19.2. The van der Waals surface area contributed by atoms with Crippen LogP contribution in [0.4, 0.5) is 4.39 Å². The molecule has 0 bridgehead atoms. The fourth-order valence-electron chi connectivity index (χ4n) is 2.36. The van der Waals surface area contributed by atoms with Crippen LogP contribution in [0.2, 0.25) is 0 Å². The molecule has 2 rings (SSSR count). The monoisotopic (exact) mass is 322 g/mol. The van der Waals surface area contributed by atoms with Gasteiger partial charge in [0.25, 0.3) is 0 Å². The molecule has 0 amide bonds. The van der Waals surface area contributed by atoms with Crippen molar-refractivity contribution in [1.82, 2.24) is 10.2 Å². The highest BCUT2D eigenvalue weighted by Gasteiger charge is 2.22. The summed E-state index contributed by atoms with van der Waals surface area (Å²) in [7, 11) is 1.57. The van der Waals surface area contributed by atoms with Crippen LogP contribution < -0.4 is 10.1 Å². The van der Waals surface area contributed by atoms with E-state index in [1.165, 1.54) is 12.1 Å². The van der Waals surface area contributed by atoms with Gasteiger partial charge in [-0.25, -0.2) is 4.39 Å². The molecule has 0 unspecified atom stereocenters. The standard InChI is InChI=1S/C14H19FN2O.2ClH/c1-3-13(17-8-6-16-7-9-17)12-5-4-11(15)10-14(12)18-2;;/h3-5,10,13,16H,1,6-9H2,2H3;2*1H/t13-;;/m1../s1. The van der Waals surface area contributed by atoms with Crippen molar-refractivity contribution in [3.8, 4) is 5.75 Å². The molecule has 6 heteroatoms. The van der Waals surface area contributed by atoms with Gasteiger partial charge in [0, 0.05) is 37.8 Å². The fraction of sp³-hybridized carbons (Fsp3) is 0.429. The Labute approximate surface area is 132 Å². The van der Waals surface area contributed by atoms with Crippen LogP contribution in [-0.4, -0.2) is 38.2 Å². The van der Waals surface area contributed by atoms with Gasteiger partial charge in [-0.3, -0.25) is 4.90 Å². The fourth-order valence-corrected chi connectivity index (χ4v) is 2.36. The lowest BCUT2D eigenvalue weighted by Gasteiger charge is -2.34. The summed E-state index contributed by atoms with van der Waals surface area (Å²) in [6.45, 7) is 7.74. The third-order valence-corrected chi connectivity index (χ3v) is 3.28. The number of nitrogens with zero attached hydrogens (tertiary/aromatic N) is 1. The molecular weight excluding hydrogens is 302 g/mol. The van der Waals surface area contributed by atoms with Crippen molar-refractivity contribution >= 4 is 24.8 Å². The van der Waals surface area contributed by atoms with Gasteiger partial charge in [-0.1, -0.05) is 12.1 Å². The first-order valence-electron chi connectivity index (χ1n) is 6.17. The van der Waals surface area contributed by atoms with Crippen molar-refractivity contribution in [2.45, 2.75) is 6.04 Å². The van der Waals surface area contributed by atoms with Gasteiger partial charge in [0.2, 0.25) is 0 Å². The van der Waals surface area contributed by atoms with E-state index in [9.17, 15) is 4.39 Å². The summed E-state index contributed by atoms with van der Waals surface area (Å²) in [6, 6.07) is 4.75. The van der Waals surface area contributed by atoms with E-state index in [1.807, 2.05) is 6.08 Å². The predicted molar refractivity (Wildman–Crippen MR) is 84.8 cm³/mol. The number of ether oxygens (including phenoxy) is 1. The quantitative estimate of drug-likeness (QED) is 0.863. The summed E-state index contributed by atoms with van der Waals surface area (Å²) >= 11 is 0. The Bertz CT molecular complexity index is 426. The van der Waals surface area contributed by atoms with Crippen molar-refractivity contribution in [3.63, 3.8) is 0 Å². The maximum absolute atomic E-state index is 13.2. The molecule has 20 heavy (non-hydrogen) atoms. The Hall–Kier alpha value is -0.810. The number of piperazine rings is 1. The molecule has 3 nitrogen and oxygen atoms in total. The first-order chi connectivity index (χ1) is 8.76. The summed E-state index contributed by atoms with van der Waals surface area (Å²) in [5.74, 6) is 0.303. The van der Waals surface area contributed by atoms with Crippen LogP contribution in [0.3, 0.4) is 0 Å². The Morgan fingerprint density at radius 3 is 2.55 bits per heavy atom. The molecule has 1 saturated heterocycles. The Morgan fingerprint density at radius 2 is 2.00 bits per heavy atom. The molecule has 1 aliphatic heterocycles. The highest BCUT2D eigenvalue weighted by Crippen LogP contribution is 2.31. The molecule has 0 saturated carbocycles. The van der Waals surface area contributed by atoms with Gasteiger partial charge in [-0.05, 0) is 6.07 Å². The normalized spacial score (nSPS) is 16.5. The molecule has 0 aromatic heterocycles. The summed E-state index contributed by atoms with van der Waals surface area (Å²) < 4.78 is 18.5. The lowest BCUT2D eigenvalue weighted by atomic mass is 10.0. The van der Waals surface area contributed by atoms with Gasteiger partial charge < -0.3 is 10.1 Å². The Kier molecular flexibility index (Phi) is 8.81. The van der Waals surface area contributed by atoms with Gasteiger partial charge in [-0.2, -0.15) is 0 Å². The maximum atomic E-state index is 13.2. The van der Waals surface area contributed by atoms with E-state index in [-0.39, 0.29) is 36.7 Å². The lowest BCUT2D eigenvalue weighted by Crippen LogP contribution is -2.44. The molecule has 0 aliphatic carbocycles. The highest BCUT2D eigenvalue weighted by molar-refractivity contribution is 5.85. The number of rotatable bonds is 4. The van der Waals surface area contributed by atoms with Crippen molar-refractivity contribution in [2.24, 2.45) is 0 Å². The van der Waals surface area contributed by atoms with Crippen LogP contribution in [0.5, 0.6) is 5.75 Å². The SMILES string of the molecule is C=C[C@H](c1ccc(F)cc1OC)N1CCNCC1.Cl.Cl. The molecular formula is C14H21Cl2FN2O. The van der Waals surface area contributed by atoms with E-state index in [0.717, 1.165) is 31.7 Å². The van der Waals surface area contributed by atoms with Crippen LogP contribution in [0, 0.1) is 5.82 Å². The minimum absolute atomic E-state index is 0. The van der Waals surface area contributed by atoms with Crippen molar-refractivity contribution in [3.05, 3.63) is 42.2 Å². The number of halogens is 3. The minimum atomic E-state index is -0.279. The first-order valence-corrected chi connectivity index (χ1v) is 6.17. The third kappa shape index (κ3) is 4.35. The highest BCUT2D eigenvalue weighted by atomic mass is 35.5. The molecule has 0 spiro atoms. The average molecular weight is 323 g/mol. The zero-order valence-electron chi connectivity index (χ0n) is 11.5. The van der Waals surface area contributed by atoms with E-state index in [2.05, 4.69) is 16.8 Å². The van der Waals surface area contributed by atoms with E-state index in [1.54, 1.807) is 13.2 Å². The second-order valence-electron chi connectivity index (χ2n) is 4.35. The lowest BCUT2D eigenvalue weighted by molar-refractivity contribution is 0.200. The number of benzene rings is 1. The van der Waals surface area contributed by atoms with Crippen LogP contribution in [0.25, 0.3) is 0 Å². The van der Waals surface area contributed by atoms with E-state index in [4.69, 9.17) is 4.74 Å². The van der Waals surface area contributed by atoms with Crippen LogP contribution in [-0.2, 0) is 0 Å². The van der Waals surface area contributed by atoms with Crippen LogP contribution in [0.15, 0.2) is 30.9 Å². The summed E-state index contributed by atoms with van der Waals surface area (Å²) in [4.78, 5) is 2.32. The summed E-state index contributed by atoms with van der Waals surface area (Å²) in [5, 5.41) is 3.32. The maximum Gasteiger partial charge on any atom is 0.126 e. The third-order valence-electron chi connectivity index (χ3n) is 3.28. The molecule has 114 valence electrons. The summed E-state index contributed by atoms with van der Waals surface area (Å²) in [6.07, 6.45) is 1.89. The van der Waals surface area contributed by atoms with Gasteiger partial charge in [-0.15, -0.1) is 31.4 Å².